The molecule has 0 unspecified atom stereocenters. The predicted molar refractivity (Wildman–Crippen MR) is 114 cm³/mol. The van der Waals surface area contributed by atoms with Crippen molar-refractivity contribution in [1.82, 2.24) is 15.2 Å². The second kappa shape index (κ2) is 10.2. The second-order valence-corrected chi connectivity index (χ2v) is 6.76. The lowest BCUT2D eigenvalue weighted by Crippen LogP contribution is -2.31. The first-order chi connectivity index (χ1) is 14.2. The highest BCUT2D eigenvalue weighted by atomic mass is 16.2. The van der Waals surface area contributed by atoms with E-state index in [1.165, 1.54) is 12.4 Å². The predicted octanol–water partition coefficient (Wildman–Crippen LogP) is 3.72. The van der Waals surface area contributed by atoms with E-state index in [0.717, 1.165) is 17.5 Å². The summed E-state index contributed by atoms with van der Waals surface area (Å²) in [6.45, 7) is 3.55. The van der Waals surface area contributed by atoms with Crippen LogP contribution in [0.5, 0.6) is 0 Å². The number of carbonyl (C=O) groups is 2. The molecule has 0 radical (unpaired) electrons. The van der Waals surface area contributed by atoms with Crippen molar-refractivity contribution in [2.75, 3.05) is 13.1 Å². The van der Waals surface area contributed by atoms with Crippen molar-refractivity contribution in [3.63, 3.8) is 0 Å². The molecule has 29 heavy (non-hydrogen) atoms. The van der Waals surface area contributed by atoms with E-state index in [1.54, 1.807) is 11.0 Å². The van der Waals surface area contributed by atoms with Gasteiger partial charge < -0.3 is 10.2 Å². The molecule has 3 aromatic rings. The van der Waals surface area contributed by atoms with Crippen LogP contribution in [0.25, 0.3) is 0 Å². The summed E-state index contributed by atoms with van der Waals surface area (Å²) in [6.07, 6.45) is 3.75. The van der Waals surface area contributed by atoms with Crippen LogP contribution >= 0.6 is 0 Å². The Morgan fingerprint density at radius 2 is 1.52 bits per heavy atom. The van der Waals surface area contributed by atoms with Crippen LogP contribution in [0.3, 0.4) is 0 Å². The summed E-state index contributed by atoms with van der Waals surface area (Å²) >= 11 is 0. The zero-order valence-corrected chi connectivity index (χ0v) is 16.5. The summed E-state index contributed by atoms with van der Waals surface area (Å²) in [5, 5.41) is 2.89. The van der Waals surface area contributed by atoms with Gasteiger partial charge in [0, 0.05) is 32.0 Å². The molecule has 5 heteroatoms. The first kappa shape index (κ1) is 20.3. The Morgan fingerprint density at radius 3 is 2.17 bits per heavy atom. The van der Waals surface area contributed by atoms with Crippen LogP contribution in [0.1, 0.15) is 38.8 Å². The minimum Gasteiger partial charge on any atom is -0.352 e. The van der Waals surface area contributed by atoms with Crippen LogP contribution in [-0.4, -0.2) is 34.8 Å². The quantitative estimate of drug-likeness (QED) is 0.641. The van der Waals surface area contributed by atoms with E-state index in [4.69, 9.17) is 0 Å². The van der Waals surface area contributed by atoms with Crippen molar-refractivity contribution in [3.05, 3.63) is 101 Å². The molecule has 5 nitrogen and oxygen atoms in total. The van der Waals surface area contributed by atoms with Crippen LogP contribution in [-0.2, 0) is 13.0 Å². The summed E-state index contributed by atoms with van der Waals surface area (Å²) in [4.78, 5) is 31.2. The molecule has 2 amide bonds. The molecule has 0 aliphatic rings. The molecule has 0 spiro atoms. The van der Waals surface area contributed by atoms with Crippen molar-refractivity contribution in [3.8, 4) is 0 Å². The Hall–Kier alpha value is -3.47. The van der Waals surface area contributed by atoms with Crippen LogP contribution in [0.15, 0.2) is 79.1 Å². The topological polar surface area (TPSA) is 62.3 Å². The smallest absolute Gasteiger partial charge is 0.255 e. The number of nitrogens with one attached hydrogen (secondary N) is 1. The molecule has 1 N–H and O–H groups in total. The first-order valence-electron chi connectivity index (χ1n) is 9.77. The lowest BCUT2D eigenvalue weighted by Gasteiger charge is -2.21. The molecule has 0 saturated carbocycles. The molecule has 3 rings (SSSR count). The molecule has 0 atom stereocenters. The third kappa shape index (κ3) is 5.75. The highest BCUT2D eigenvalue weighted by Crippen LogP contribution is 2.11. The van der Waals surface area contributed by atoms with Gasteiger partial charge in [-0.2, -0.15) is 0 Å². The molecule has 0 saturated heterocycles. The van der Waals surface area contributed by atoms with Crippen molar-refractivity contribution in [2.24, 2.45) is 0 Å². The van der Waals surface area contributed by atoms with Gasteiger partial charge in [0.15, 0.2) is 0 Å². The minimum absolute atomic E-state index is 0.136. The maximum Gasteiger partial charge on any atom is 0.255 e. The SMILES string of the molecule is CCN(Cc1ccccc1)C(=O)c1cncc(C(=O)NCCc2ccccc2)c1. The Morgan fingerprint density at radius 1 is 0.897 bits per heavy atom. The Bertz CT molecular complexity index is 943. The molecule has 2 aromatic carbocycles. The van der Waals surface area contributed by atoms with Crippen LogP contribution in [0, 0.1) is 0 Å². The molecular weight excluding hydrogens is 362 g/mol. The van der Waals surface area contributed by atoms with Crippen LogP contribution < -0.4 is 5.32 Å². The van der Waals surface area contributed by atoms with E-state index in [-0.39, 0.29) is 11.8 Å². The highest BCUT2D eigenvalue weighted by molar-refractivity contribution is 5.99. The maximum absolute atomic E-state index is 12.9. The summed E-state index contributed by atoms with van der Waals surface area (Å²) in [5.74, 6) is -0.364. The van der Waals surface area contributed by atoms with Crippen LogP contribution in [0.2, 0.25) is 0 Å². The molecule has 1 heterocycles. The Labute approximate surface area is 171 Å². The molecule has 0 bridgehead atoms. The summed E-state index contributed by atoms with van der Waals surface area (Å²) in [5.41, 5.74) is 3.03. The number of hydrogen-bond donors (Lipinski definition) is 1. The van der Waals surface area contributed by atoms with Gasteiger partial charge in [-0.15, -0.1) is 0 Å². The van der Waals surface area contributed by atoms with E-state index in [2.05, 4.69) is 10.3 Å². The fourth-order valence-electron chi connectivity index (χ4n) is 3.06. The van der Waals surface area contributed by atoms with Crippen molar-refractivity contribution >= 4 is 11.8 Å². The zero-order valence-electron chi connectivity index (χ0n) is 16.5. The van der Waals surface area contributed by atoms with Gasteiger partial charge in [-0.3, -0.25) is 14.6 Å². The van der Waals surface area contributed by atoms with Gasteiger partial charge in [-0.1, -0.05) is 60.7 Å². The normalized spacial score (nSPS) is 10.4. The third-order valence-electron chi connectivity index (χ3n) is 4.67. The second-order valence-electron chi connectivity index (χ2n) is 6.76. The van der Waals surface area contributed by atoms with Gasteiger partial charge in [0.25, 0.3) is 11.8 Å². The van der Waals surface area contributed by atoms with Gasteiger partial charge in [0.05, 0.1) is 11.1 Å². The fraction of sp³-hybridized carbons (Fsp3) is 0.208. The van der Waals surface area contributed by atoms with E-state index in [1.807, 2.05) is 67.6 Å². The maximum atomic E-state index is 12.9. The number of nitrogens with zero attached hydrogens (tertiary/aromatic N) is 2. The molecule has 0 aliphatic heterocycles. The number of hydrogen-bond acceptors (Lipinski definition) is 3. The van der Waals surface area contributed by atoms with E-state index in [0.29, 0.717) is 30.8 Å². The highest BCUT2D eigenvalue weighted by Gasteiger charge is 2.17. The number of aromatic nitrogens is 1. The number of rotatable bonds is 8. The van der Waals surface area contributed by atoms with Crippen LogP contribution in [0.4, 0.5) is 0 Å². The number of carbonyl (C=O) groups excluding carboxylic acids is 2. The number of amides is 2. The lowest BCUT2D eigenvalue weighted by molar-refractivity contribution is 0.0752. The fourth-order valence-corrected chi connectivity index (χ4v) is 3.06. The minimum atomic E-state index is -0.228. The summed E-state index contributed by atoms with van der Waals surface area (Å²) < 4.78 is 0. The molecule has 1 aromatic heterocycles. The standard InChI is InChI=1S/C24H25N3O2/c1-2-27(18-20-11-7-4-8-12-20)24(29)22-15-21(16-25-17-22)23(28)26-14-13-19-9-5-3-6-10-19/h3-12,15-17H,2,13-14,18H2,1H3,(H,26,28). The van der Waals surface area contributed by atoms with Gasteiger partial charge in [-0.05, 0) is 30.5 Å². The van der Waals surface area contributed by atoms with E-state index < -0.39 is 0 Å². The zero-order chi connectivity index (χ0) is 20.5. The average Bonchev–Trinajstić information content (AvgIpc) is 2.78. The number of pyridine rings is 1. The monoisotopic (exact) mass is 387 g/mol. The van der Waals surface area contributed by atoms with E-state index >= 15 is 0 Å². The molecular formula is C24H25N3O2. The van der Waals surface area contributed by atoms with Gasteiger partial charge in [0.2, 0.25) is 0 Å². The van der Waals surface area contributed by atoms with Gasteiger partial charge >= 0.3 is 0 Å². The summed E-state index contributed by atoms with van der Waals surface area (Å²) in [7, 11) is 0. The van der Waals surface area contributed by atoms with E-state index in [9.17, 15) is 9.59 Å². The average molecular weight is 387 g/mol. The lowest BCUT2D eigenvalue weighted by atomic mass is 10.1. The largest absolute Gasteiger partial charge is 0.352 e. The molecule has 148 valence electrons. The first-order valence-corrected chi connectivity index (χ1v) is 9.77. The summed E-state index contributed by atoms with van der Waals surface area (Å²) in [6, 6.07) is 21.4. The van der Waals surface area contributed by atoms with Gasteiger partial charge in [-0.25, -0.2) is 0 Å². The van der Waals surface area contributed by atoms with Crippen molar-refractivity contribution < 1.29 is 9.59 Å². The van der Waals surface area contributed by atoms with Crippen molar-refractivity contribution in [1.29, 1.82) is 0 Å². The molecule has 0 aliphatic carbocycles. The Balaban J connectivity index is 1.62. The van der Waals surface area contributed by atoms with Crippen molar-refractivity contribution in [2.45, 2.75) is 19.9 Å². The molecule has 0 fully saturated rings. The number of benzene rings is 2. The third-order valence-corrected chi connectivity index (χ3v) is 4.67. The van der Waals surface area contributed by atoms with Gasteiger partial charge in [0.1, 0.15) is 0 Å². The Kier molecular flexibility index (Phi) is 7.11.